The predicted octanol–water partition coefficient (Wildman–Crippen LogP) is 15.7. The topological polar surface area (TPSA) is 3.24 Å². The molecule has 1 aliphatic carbocycles. The molecule has 0 saturated carbocycles. The molecule has 0 heterocycles. The Balaban J connectivity index is 1.19. The van der Waals surface area contributed by atoms with Crippen LogP contribution in [0.15, 0.2) is 249 Å². The number of rotatable bonds is 8. The molecule has 0 unspecified atom stereocenters. The van der Waals surface area contributed by atoms with Gasteiger partial charge in [0.05, 0.1) is 16.8 Å². The highest BCUT2D eigenvalue weighted by Gasteiger charge is 2.47. The number of anilines is 3. The van der Waals surface area contributed by atoms with Crippen LogP contribution in [-0.2, 0) is 5.41 Å². The first kappa shape index (κ1) is 35.4. The van der Waals surface area contributed by atoms with Crippen LogP contribution in [0.2, 0.25) is 0 Å². The van der Waals surface area contributed by atoms with Crippen LogP contribution < -0.4 is 4.90 Å². The molecule has 1 nitrogen and oxygen atoms in total. The summed E-state index contributed by atoms with van der Waals surface area (Å²) in [6.45, 7) is 0. The molecule has 0 aliphatic heterocycles. The van der Waals surface area contributed by atoms with Crippen LogP contribution in [0.25, 0.3) is 55.3 Å². The van der Waals surface area contributed by atoms with E-state index in [0.29, 0.717) is 0 Å². The number of nitrogens with zero attached hydrogens (tertiary/aromatic N) is 1. The Hall–Kier alpha value is -7.74. The number of benzene rings is 10. The molecule has 0 saturated heterocycles. The number of hydrogen-bond acceptors (Lipinski definition) is 1. The first-order chi connectivity index (χ1) is 29.8. The molecule has 0 spiro atoms. The van der Waals surface area contributed by atoms with Crippen LogP contribution in [-0.4, -0.2) is 0 Å². The molecular weight excluding hydrogens is 723 g/mol. The molecule has 1 heteroatoms. The Labute approximate surface area is 352 Å². The van der Waals surface area contributed by atoms with Gasteiger partial charge >= 0.3 is 0 Å². The quantitative estimate of drug-likeness (QED) is 0.149. The van der Waals surface area contributed by atoms with E-state index in [2.05, 4.69) is 254 Å². The third kappa shape index (κ3) is 5.70. The summed E-state index contributed by atoms with van der Waals surface area (Å²) >= 11 is 0. The fourth-order valence-electron chi connectivity index (χ4n) is 9.82. The lowest BCUT2D eigenvalue weighted by Gasteiger charge is -2.34. The summed E-state index contributed by atoms with van der Waals surface area (Å²) in [5.41, 5.74) is 17.5. The molecule has 1 aliphatic rings. The van der Waals surface area contributed by atoms with Crippen molar-refractivity contribution in [2.75, 3.05) is 4.90 Å². The normalized spacial score (nSPS) is 12.5. The van der Waals surface area contributed by atoms with Crippen LogP contribution in [0.3, 0.4) is 0 Å². The molecule has 282 valence electrons. The minimum Gasteiger partial charge on any atom is -0.309 e. The lowest BCUT2D eigenvalue weighted by molar-refractivity contribution is 0.768. The van der Waals surface area contributed by atoms with E-state index in [1.807, 2.05) is 0 Å². The second-order valence-electron chi connectivity index (χ2n) is 15.6. The summed E-state index contributed by atoms with van der Waals surface area (Å²) in [6.07, 6.45) is 0. The largest absolute Gasteiger partial charge is 0.309 e. The summed E-state index contributed by atoms with van der Waals surface area (Å²) in [6, 6.07) is 91.0. The Bertz CT molecular complexity index is 3090. The third-order valence-electron chi connectivity index (χ3n) is 12.4. The van der Waals surface area contributed by atoms with E-state index in [4.69, 9.17) is 0 Å². The van der Waals surface area contributed by atoms with Crippen molar-refractivity contribution in [2.45, 2.75) is 5.41 Å². The van der Waals surface area contributed by atoms with Crippen molar-refractivity contribution < 1.29 is 0 Å². The van der Waals surface area contributed by atoms with Gasteiger partial charge in [0.1, 0.15) is 0 Å². The molecule has 0 bridgehead atoms. The molecule has 0 radical (unpaired) electrons. The number of fused-ring (bicyclic) bond motifs is 4. The van der Waals surface area contributed by atoms with Crippen molar-refractivity contribution in [1.82, 2.24) is 0 Å². The maximum absolute atomic E-state index is 2.51. The summed E-state index contributed by atoms with van der Waals surface area (Å²) < 4.78 is 0. The first-order valence-electron chi connectivity index (χ1n) is 20.8. The highest BCUT2D eigenvalue weighted by Crippen LogP contribution is 2.60. The van der Waals surface area contributed by atoms with Gasteiger partial charge < -0.3 is 4.90 Å². The van der Waals surface area contributed by atoms with Gasteiger partial charge in [-0.25, -0.2) is 0 Å². The van der Waals surface area contributed by atoms with E-state index < -0.39 is 5.41 Å². The van der Waals surface area contributed by atoms with Gasteiger partial charge in [-0.2, -0.15) is 0 Å². The fraction of sp³-hybridized carbons (Fsp3) is 0.0169. The van der Waals surface area contributed by atoms with Crippen LogP contribution in [0.5, 0.6) is 0 Å². The van der Waals surface area contributed by atoms with Crippen molar-refractivity contribution in [1.29, 1.82) is 0 Å². The minimum absolute atomic E-state index is 0.520. The van der Waals surface area contributed by atoms with Gasteiger partial charge in [0.15, 0.2) is 0 Å². The smallest absolute Gasteiger partial charge is 0.0714 e. The van der Waals surface area contributed by atoms with E-state index in [1.54, 1.807) is 0 Å². The second kappa shape index (κ2) is 14.9. The van der Waals surface area contributed by atoms with Crippen molar-refractivity contribution >= 4 is 27.8 Å². The highest BCUT2D eigenvalue weighted by atomic mass is 15.1. The molecule has 0 fully saturated rings. The average molecular weight is 764 g/mol. The van der Waals surface area contributed by atoms with Crippen molar-refractivity contribution in [3.63, 3.8) is 0 Å². The van der Waals surface area contributed by atoms with Gasteiger partial charge in [0.2, 0.25) is 0 Å². The van der Waals surface area contributed by atoms with Gasteiger partial charge in [0.25, 0.3) is 0 Å². The first-order valence-corrected chi connectivity index (χ1v) is 20.8. The maximum atomic E-state index is 2.51. The SMILES string of the molecule is c1ccc(-c2ccccc2-c2ccccc2N(c2ccc(-c3cccc4ccccc34)cc2)c2cccc3c2-c2ccccc2C3(c2ccccc2)c2ccccc2)cc1. The summed E-state index contributed by atoms with van der Waals surface area (Å²) in [4.78, 5) is 2.51. The predicted molar refractivity (Wildman–Crippen MR) is 252 cm³/mol. The zero-order chi connectivity index (χ0) is 39.9. The molecule has 0 aromatic heterocycles. The minimum atomic E-state index is -0.520. The van der Waals surface area contributed by atoms with Gasteiger partial charge in [-0.05, 0) is 90.7 Å². The zero-order valence-corrected chi connectivity index (χ0v) is 33.1. The van der Waals surface area contributed by atoms with E-state index in [1.165, 1.54) is 72.0 Å². The Kier molecular flexibility index (Phi) is 8.79. The summed E-state index contributed by atoms with van der Waals surface area (Å²) in [5.74, 6) is 0. The van der Waals surface area contributed by atoms with Crippen molar-refractivity contribution in [2.24, 2.45) is 0 Å². The number of hydrogen-bond donors (Lipinski definition) is 0. The lowest BCUT2D eigenvalue weighted by Crippen LogP contribution is -2.28. The highest BCUT2D eigenvalue weighted by molar-refractivity contribution is 6.02. The van der Waals surface area contributed by atoms with Crippen LogP contribution in [0, 0.1) is 0 Å². The molecule has 0 amide bonds. The van der Waals surface area contributed by atoms with E-state index in [0.717, 1.165) is 22.6 Å². The van der Waals surface area contributed by atoms with Crippen LogP contribution in [0.4, 0.5) is 17.1 Å². The Morgan fingerprint density at radius 1 is 0.283 bits per heavy atom. The van der Waals surface area contributed by atoms with Crippen molar-refractivity contribution in [3.05, 3.63) is 271 Å². The third-order valence-corrected chi connectivity index (χ3v) is 12.4. The van der Waals surface area contributed by atoms with Crippen LogP contribution >= 0.6 is 0 Å². The standard InChI is InChI=1S/C59H41N/c1-4-20-42(21-5-1)50-29-12-13-30-51(50)52-31-15-17-36-56(52)60(47-40-38-44(39-41-47)49-33-18-23-43-22-10-11-28-48(43)49)57-37-19-35-55-58(57)53-32-14-16-34-54(53)59(55,45-24-6-2-7-25-45)46-26-8-3-9-27-46/h1-41H. The molecule has 60 heavy (non-hydrogen) atoms. The van der Waals surface area contributed by atoms with Crippen molar-refractivity contribution in [3.8, 4) is 44.5 Å². The average Bonchev–Trinajstić information content (AvgIpc) is 3.64. The van der Waals surface area contributed by atoms with Gasteiger partial charge in [-0.15, -0.1) is 0 Å². The molecule has 0 N–H and O–H groups in total. The molecule has 0 atom stereocenters. The fourth-order valence-corrected chi connectivity index (χ4v) is 9.82. The van der Waals surface area contributed by atoms with E-state index in [-0.39, 0.29) is 0 Å². The summed E-state index contributed by atoms with van der Waals surface area (Å²) in [7, 11) is 0. The number of para-hydroxylation sites is 1. The maximum Gasteiger partial charge on any atom is 0.0714 e. The van der Waals surface area contributed by atoms with E-state index in [9.17, 15) is 0 Å². The molecule has 11 rings (SSSR count). The van der Waals surface area contributed by atoms with Gasteiger partial charge in [0, 0.05) is 16.8 Å². The zero-order valence-electron chi connectivity index (χ0n) is 33.1. The molecular formula is C59H41N. The Morgan fingerprint density at radius 2 is 0.767 bits per heavy atom. The summed E-state index contributed by atoms with van der Waals surface area (Å²) in [5, 5.41) is 2.49. The van der Waals surface area contributed by atoms with Crippen LogP contribution in [0.1, 0.15) is 22.3 Å². The molecule has 10 aromatic rings. The monoisotopic (exact) mass is 763 g/mol. The Morgan fingerprint density at radius 3 is 1.50 bits per heavy atom. The van der Waals surface area contributed by atoms with Gasteiger partial charge in [-0.3, -0.25) is 0 Å². The lowest BCUT2D eigenvalue weighted by atomic mass is 9.68. The van der Waals surface area contributed by atoms with Gasteiger partial charge in [-0.1, -0.05) is 224 Å². The second-order valence-corrected chi connectivity index (χ2v) is 15.6. The van der Waals surface area contributed by atoms with E-state index >= 15 is 0 Å². The molecule has 10 aromatic carbocycles.